The second-order valence-electron chi connectivity index (χ2n) is 7.97. The first-order valence-electron chi connectivity index (χ1n) is 9.54. The number of aryl methyl sites for hydroxylation is 1. The minimum Gasteiger partial charge on any atom is -0.348 e. The molecule has 1 heterocycles. The number of benzene rings is 1. The molecule has 1 saturated heterocycles. The molecule has 1 aromatic rings. The van der Waals surface area contributed by atoms with Crippen LogP contribution in [-0.4, -0.2) is 29.2 Å². The fourth-order valence-corrected chi connectivity index (χ4v) is 5.41. The Morgan fingerprint density at radius 3 is 2.50 bits per heavy atom. The van der Waals surface area contributed by atoms with Crippen molar-refractivity contribution in [2.75, 3.05) is 6.54 Å². The van der Waals surface area contributed by atoms with Gasteiger partial charge in [-0.3, -0.25) is 19.3 Å². The van der Waals surface area contributed by atoms with Crippen LogP contribution >= 0.6 is 0 Å². The van der Waals surface area contributed by atoms with E-state index in [2.05, 4.69) is 29.6 Å². The number of carbonyl (C=O) groups is 3. The van der Waals surface area contributed by atoms with Crippen molar-refractivity contribution in [3.8, 4) is 0 Å². The molecule has 1 saturated carbocycles. The van der Waals surface area contributed by atoms with Gasteiger partial charge in [0, 0.05) is 0 Å². The average molecular weight is 350 g/mol. The number of hydrogen-bond donors (Lipinski definition) is 1. The third-order valence-electron chi connectivity index (χ3n) is 6.57. The zero-order valence-electron chi connectivity index (χ0n) is 14.6. The van der Waals surface area contributed by atoms with E-state index in [1.807, 2.05) is 12.1 Å². The zero-order chi connectivity index (χ0) is 17.8. The summed E-state index contributed by atoms with van der Waals surface area (Å²) < 4.78 is 0. The van der Waals surface area contributed by atoms with Gasteiger partial charge < -0.3 is 5.32 Å². The van der Waals surface area contributed by atoms with Gasteiger partial charge in [0.05, 0.1) is 17.9 Å². The molecule has 1 N–H and O–H groups in total. The van der Waals surface area contributed by atoms with Crippen LogP contribution in [0.3, 0.4) is 0 Å². The van der Waals surface area contributed by atoms with Gasteiger partial charge in [0.2, 0.25) is 17.7 Å². The molecule has 0 aromatic heterocycles. The van der Waals surface area contributed by atoms with Crippen molar-refractivity contribution < 1.29 is 14.4 Å². The predicted octanol–water partition coefficient (Wildman–Crippen LogP) is 1.99. The van der Waals surface area contributed by atoms with Gasteiger partial charge in [0.1, 0.15) is 6.54 Å². The first-order chi connectivity index (χ1) is 12.6. The van der Waals surface area contributed by atoms with Crippen LogP contribution in [0.4, 0.5) is 0 Å². The molecular weight excluding hydrogens is 328 g/mol. The van der Waals surface area contributed by atoms with Crippen LogP contribution in [0.25, 0.3) is 0 Å². The number of fused-ring (bicyclic) bond motifs is 6. The second-order valence-corrected chi connectivity index (χ2v) is 7.97. The lowest BCUT2D eigenvalue weighted by atomic mass is 9.85. The molecule has 4 aliphatic rings. The summed E-state index contributed by atoms with van der Waals surface area (Å²) in [6.45, 7) is -0.150. The molecule has 0 radical (unpaired) electrons. The summed E-state index contributed by atoms with van der Waals surface area (Å²) in [5.74, 6) is -0.665. The first-order valence-corrected chi connectivity index (χ1v) is 9.54. The molecular formula is C21H22N2O3. The van der Waals surface area contributed by atoms with Crippen molar-refractivity contribution >= 4 is 17.7 Å². The minimum atomic E-state index is -0.242. The summed E-state index contributed by atoms with van der Waals surface area (Å²) in [6, 6.07) is 8.13. The number of rotatable bonds is 3. The van der Waals surface area contributed by atoms with E-state index in [1.54, 1.807) is 0 Å². The van der Waals surface area contributed by atoms with E-state index >= 15 is 0 Å². The lowest BCUT2D eigenvalue weighted by molar-refractivity contribution is -0.144. The Kier molecular flexibility index (Phi) is 3.52. The molecule has 5 nitrogen and oxygen atoms in total. The van der Waals surface area contributed by atoms with E-state index < -0.39 is 0 Å². The van der Waals surface area contributed by atoms with Crippen molar-refractivity contribution in [2.45, 2.75) is 31.7 Å². The van der Waals surface area contributed by atoms with Gasteiger partial charge in [-0.1, -0.05) is 36.4 Å². The van der Waals surface area contributed by atoms with E-state index in [1.165, 1.54) is 10.5 Å². The Balaban J connectivity index is 1.29. The normalized spacial score (nSPS) is 34.2. The van der Waals surface area contributed by atoms with E-state index in [9.17, 15) is 14.4 Å². The molecule has 3 amide bonds. The van der Waals surface area contributed by atoms with E-state index in [4.69, 9.17) is 0 Å². The number of imide groups is 1. The molecule has 134 valence electrons. The smallest absolute Gasteiger partial charge is 0.240 e. The quantitative estimate of drug-likeness (QED) is 0.670. The van der Waals surface area contributed by atoms with Crippen molar-refractivity contribution in [1.82, 2.24) is 10.2 Å². The summed E-state index contributed by atoms with van der Waals surface area (Å²) >= 11 is 0. The van der Waals surface area contributed by atoms with Crippen LogP contribution in [-0.2, 0) is 20.8 Å². The van der Waals surface area contributed by atoms with Crippen LogP contribution in [0.2, 0.25) is 0 Å². The highest BCUT2D eigenvalue weighted by atomic mass is 16.2. The molecule has 1 aliphatic heterocycles. The molecule has 2 bridgehead atoms. The van der Waals surface area contributed by atoms with E-state index in [0.29, 0.717) is 0 Å². The second kappa shape index (κ2) is 5.79. The number of hydrogen-bond acceptors (Lipinski definition) is 3. The molecule has 1 aromatic carbocycles. The average Bonchev–Trinajstić information content (AvgIpc) is 3.32. The summed E-state index contributed by atoms with van der Waals surface area (Å²) in [4.78, 5) is 39.2. The van der Waals surface area contributed by atoms with Crippen molar-refractivity contribution in [3.63, 3.8) is 0 Å². The zero-order valence-corrected chi connectivity index (χ0v) is 14.6. The standard InChI is InChI=1S/C21H22N2O3/c24-17(22-16-7-3-5-12-4-1-2-6-15(12)16)11-23-20(25)18-13-8-9-14(10-13)19(18)21(23)26/h1-2,4,6,8-9,13-14,16,18-19H,3,5,7,10-11H2,(H,22,24)/t13-,14-,16-,18-,19+/m0/s1. The third-order valence-corrected chi connectivity index (χ3v) is 6.57. The maximum absolute atomic E-state index is 12.7. The lowest BCUT2D eigenvalue weighted by Crippen LogP contribution is -2.43. The number of nitrogens with one attached hydrogen (secondary N) is 1. The molecule has 2 fully saturated rings. The highest BCUT2D eigenvalue weighted by Crippen LogP contribution is 2.52. The fourth-order valence-electron chi connectivity index (χ4n) is 5.41. The number of likely N-dealkylation sites (tertiary alicyclic amines) is 1. The molecule has 3 aliphatic carbocycles. The summed E-state index contributed by atoms with van der Waals surface area (Å²) in [5.41, 5.74) is 2.43. The summed E-state index contributed by atoms with van der Waals surface area (Å²) in [7, 11) is 0. The predicted molar refractivity (Wildman–Crippen MR) is 94.7 cm³/mol. The Morgan fingerprint density at radius 1 is 1.08 bits per heavy atom. The van der Waals surface area contributed by atoms with Crippen LogP contribution in [0.1, 0.15) is 36.4 Å². The summed E-state index contributed by atoms with van der Waals surface area (Å²) in [5, 5.41) is 3.05. The van der Waals surface area contributed by atoms with Gasteiger partial charge in [0.15, 0.2) is 0 Å². The molecule has 5 heteroatoms. The van der Waals surface area contributed by atoms with E-state index in [-0.39, 0.29) is 54.0 Å². The maximum Gasteiger partial charge on any atom is 0.240 e. The van der Waals surface area contributed by atoms with Gasteiger partial charge in [-0.25, -0.2) is 0 Å². The van der Waals surface area contributed by atoms with Gasteiger partial charge in [0.25, 0.3) is 0 Å². The van der Waals surface area contributed by atoms with Crippen LogP contribution in [0.5, 0.6) is 0 Å². The van der Waals surface area contributed by atoms with E-state index in [0.717, 1.165) is 31.2 Å². The molecule has 5 rings (SSSR count). The number of allylic oxidation sites excluding steroid dienone is 2. The first kappa shape index (κ1) is 15.8. The number of carbonyl (C=O) groups excluding carboxylic acids is 3. The van der Waals surface area contributed by atoms with Crippen molar-refractivity contribution in [3.05, 3.63) is 47.5 Å². The fraction of sp³-hybridized carbons (Fsp3) is 0.476. The number of nitrogens with zero attached hydrogens (tertiary/aromatic N) is 1. The molecule has 26 heavy (non-hydrogen) atoms. The van der Waals surface area contributed by atoms with Gasteiger partial charge in [-0.15, -0.1) is 0 Å². The summed E-state index contributed by atoms with van der Waals surface area (Å²) in [6.07, 6.45) is 8.00. The Labute approximate surface area is 152 Å². The lowest BCUT2D eigenvalue weighted by Gasteiger charge is -2.27. The van der Waals surface area contributed by atoms with Gasteiger partial charge in [-0.05, 0) is 48.6 Å². The Hall–Kier alpha value is -2.43. The van der Waals surface area contributed by atoms with Crippen molar-refractivity contribution in [1.29, 1.82) is 0 Å². The molecule has 5 atom stereocenters. The van der Waals surface area contributed by atoms with Crippen molar-refractivity contribution in [2.24, 2.45) is 23.7 Å². The number of amides is 3. The Bertz CT molecular complexity index is 800. The third kappa shape index (κ3) is 2.26. The maximum atomic E-state index is 12.7. The SMILES string of the molecule is O=C(CN1C(=O)[C@@H]2[C@H](C1=O)[C@H]1C=C[C@H]2C1)N[C@H]1CCCc2ccccc21. The van der Waals surface area contributed by atoms with Gasteiger partial charge in [-0.2, -0.15) is 0 Å². The van der Waals surface area contributed by atoms with Gasteiger partial charge >= 0.3 is 0 Å². The topological polar surface area (TPSA) is 66.5 Å². The minimum absolute atomic E-state index is 0.0300. The van der Waals surface area contributed by atoms with Crippen LogP contribution in [0.15, 0.2) is 36.4 Å². The van der Waals surface area contributed by atoms with Crippen LogP contribution in [0, 0.1) is 23.7 Å². The highest BCUT2D eigenvalue weighted by Gasteiger charge is 2.59. The molecule has 0 unspecified atom stereocenters. The van der Waals surface area contributed by atoms with Crippen LogP contribution < -0.4 is 5.32 Å². The largest absolute Gasteiger partial charge is 0.348 e. The Morgan fingerprint density at radius 2 is 1.77 bits per heavy atom. The monoisotopic (exact) mass is 350 g/mol. The molecule has 0 spiro atoms. The highest BCUT2D eigenvalue weighted by molar-refractivity contribution is 6.08.